The fraction of sp³-hybridized carbons (Fsp3) is 0.154. The van der Waals surface area contributed by atoms with Gasteiger partial charge < -0.3 is 10.1 Å². The average molecular weight is 259 g/mol. The molecule has 0 saturated heterocycles. The summed E-state index contributed by atoms with van der Waals surface area (Å²) in [5.41, 5.74) is 1.05. The highest BCUT2D eigenvalue weighted by atomic mass is 16.6. The molecule has 98 valence electrons. The summed E-state index contributed by atoms with van der Waals surface area (Å²) in [6.45, 7) is 0.592. The zero-order valence-corrected chi connectivity index (χ0v) is 10.4. The molecule has 0 aliphatic heterocycles. The van der Waals surface area contributed by atoms with Crippen LogP contribution in [0.25, 0.3) is 0 Å². The van der Waals surface area contributed by atoms with E-state index in [-0.39, 0.29) is 5.69 Å². The van der Waals surface area contributed by atoms with Crippen molar-refractivity contribution in [1.29, 1.82) is 0 Å². The Bertz CT molecular complexity index is 552. The van der Waals surface area contributed by atoms with E-state index in [0.717, 1.165) is 11.3 Å². The Morgan fingerprint density at radius 1 is 1.26 bits per heavy atom. The molecule has 1 heterocycles. The van der Waals surface area contributed by atoms with E-state index in [9.17, 15) is 10.1 Å². The molecule has 1 aromatic heterocycles. The molecule has 0 unspecified atom stereocenters. The van der Waals surface area contributed by atoms with Crippen molar-refractivity contribution in [3.63, 3.8) is 0 Å². The topological polar surface area (TPSA) is 77.3 Å². The standard InChI is InChI=1S/C13H13N3O3/c1-19-12-5-2-10(3-6-12)8-14-13-7-4-11(9-15-13)16(17)18/h2-7,9H,8H2,1H3,(H,14,15). The third-order valence-corrected chi connectivity index (χ3v) is 2.59. The van der Waals surface area contributed by atoms with Gasteiger partial charge in [0.1, 0.15) is 17.8 Å². The van der Waals surface area contributed by atoms with Crippen LogP contribution >= 0.6 is 0 Å². The van der Waals surface area contributed by atoms with Gasteiger partial charge >= 0.3 is 0 Å². The Balaban J connectivity index is 1.95. The number of anilines is 1. The van der Waals surface area contributed by atoms with Crippen LogP contribution in [-0.2, 0) is 6.54 Å². The maximum Gasteiger partial charge on any atom is 0.287 e. The summed E-state index contributed by atoms with van der Waals surface area (Å²) >= 11 is 0. The SMILES string of the molecule is COc1ccc(CNc2ccc([N+](=O)[O-])cn2)cc1. The number of hydrogen-bond donors (Lipinski definition) is 1. The van der Waals surface area contributed by atoms with Gasteiger partial charge in [0.15, 0.2) is 0 Å². The minimum atomic E-state index is -0.472. The monoisotopic (exact) mass is 259 g/mol. The van der Waals surface area contributed by atoms with E-state index < -0.39 is 4.92 Å². The van der Waals surface area contributed by atoms with Crippen LogP contribution in [0.5, 0.6) is 5.75 Å². The van der Waals surface area contributed by atoms with Crippen LogP contribution in [0.4, 0.5) is 11.5 Å². The Kier molecular flexibility index (Phi) is 3.92. The van der Waals surface area contributed by atoms with Crippen molar-refractivity contribution in [2.24, 2.45) is 0 Å². The number of nitro groups is 1. The number of rotatable bonds is 5. The molecular formula is C13H13N3O3. The Labute approximate surface area is 110 Å². The predicted molar refractivity (Wildman–Crippen MR) is 71.2 cm³/mol. The van der Waals surface area contributed by atoms with E-state index in [4.69, 9.17) is 4.74 Å². The summed E-state index contributed by atoms with van der Waals surface area (Å²) in [5, 5.41) is 13.6. The van der Waals surface area contributed by atoms with E-state index in [0.29, 0.717) is 12.4 Å². The van der Waals surface area contributed by atoms with Gasteiger partial charge in [0.2, 0.25) is 0 Å². The lowest BCUT2D eigenvalue weighted by molar-refractivity contribution is -0.385. The smallest absolute Gasteiger partial charge is 0.287 e. The van der Waals surface area contributed by atoms with Gasteiger partial charge in [-0.1, -0.05) is 12.1 Å². The third-order valence-electron chi connectivity index (χ3n) is 2.59. The highest BCUT2D eigenvalue weighted by Crippen LogP contribution is 2.14. The fourth-order valence-corrected chi connectivity index (χ4v) is 1.53. The van der Waals surface area contributed by atoms with Crippen molar-refractivity contribution < 1.29 is 9.66 Å². The summed E-state index contributed by atoms with van der Waals surface area (Å²) in [6, 6.07) is 10.6. The zero-order valence-electron chi connectivity index (χ0n) is 10.4. The maximum atomic E-state index is 10.5. The molecular weight excluding hydrogens is 246 g/mol. The number of benzene rings is 1. The maximum absolute atomic E-state index is 10.5. The molecule has 0 saturated carbocycles. The van der Waals surface area contributed by atoms with Crippen molar-refractivity contribution in [3.05, 3.63) is 58.3 Å². The van der Waals surface area contributed by atoms with Gasteiger partial charge in [0, 0.05) is 12.6 Å². The normalized spacial score (nSPS) is 9.95. The number of hydrogen-bond acceptors (Lipinski definition) is 5. The number of methoxy groups -OCH3 is 1. The van der Waals surface area contributed by atoms with Crippen LogP contribution < -0.4 is 10.1 Å². The summed E-state index contributed by atoms with van der Waals surface area (Å²) in [7, 11) is 1.62. The molecule has 0 aliphatic rings. The van der Waals surface area contributed by atoms with Gasteiger partial charge in [0.05, 0.1) is 12.0 Å². The third kappa shape index (κ3) is 3.41. The first-order valence-electron chi connectivity index (χ1n) is 5.66. The van der Waals surface area contributed by atoms with E-state index in [1.54, 1.807) is 13.2 Å². The minimum Gasteiger partial charge on any atom is -0.497 e. The number of ether oxygens (including phenoxy) is 1. The van der Waals surface area contributed by atoms with Gasteiger partial charge in [-0.2, -0.15) is 0 Å². The van der Waals surface area contributed by atoms with Crippen LogP contribution in [0.15, 0.2) is 42.6 Å². The highest BCUT2D eigenvalue weighted by molar-refractivity contribution is 5.41. The molecule has 2 aromatic rings. The average Bonchev–Trinajstić information content (AvgIpc) is 2.46. The zero-order chi connectivity index (χ0) is 13.7. The number of pyridine rings is 1. The molecule has 1 aromatic carbocycles. The first kappa shape index (κ1) is 12.8. The number of nitrogens with zero attached hydrogens (tertiary/aromatic N) is 2. The second-order valence-electron chi connectivity index (χ2n) is 3.86. The van der Waals surface area contributed by atoms with Crippen molar-refractivity contribution in [1.82, 2.24) is 4.98 Å². The molecule has 0 spiro atoms. The van der Waals surface area contributed by atoms with Crippen molar-refractivity contribution in [2.75, 3.05) is 12.4 Å². The molecule has 2 rings (SSSR count). The van der Waals surface area contributed by atoms with E-state index in [2.05, 4.69) is 10.3 Å². The Morgan fingerprint density at radius 2 is 2.00 bits per heavy atom. The molecule has 6 heteroatoms. The van der Waals surface area contributed by atoms with Crippen molar-refractivity contribution >= 4 is 11.5 Å². The predicted octanol–water partition coefficient (Wildman–Crippen LogP) is 2.61. The lowest BCUT2D eigenvalue weighted by Crippen LogP contribution is -2.01. The number of nitrogens with one attached hydrogen (secondary N) is 1. The minimum absolute atomic E-state index is 0.0185. The van der Waals surface area contributed by atoms with Gasteiger partial charge in [-0.25, -0.2) is 4.98 Å². The fourth-order valence-electron chi connectivity index (χ4n) is 1.53. The number of aromatic nitrogens is 1. The first-order chi connectivity index (χ1) is 9.19. The van der Waals surface area contributed by atoms with E-state index in [1.807, 2.05) is 24.3 Å². The Hall–Kier alpha value is -2.63. The molecule has 6 nitrogen and oxygen atoms in total. The van der Waals surface area contributed by atoms with Gasteiger partial charge in [-0.05, 0) is 23.8 Å². The molecule has 19 heavy (non-hydrogen) atoms. The molecule has 0 atom stereocenters. The Morgan fingerprint density at radius 3 is 2.53 bits per heavy atom. The van der Waals surface area contributed by atoms with Crippen molar-refractivity contribution in [3.8, 4) is 5.75 Å². The molecule has 0 aliphatic carbocycles. The van der Waals surface area contributed by atoms with Crippen LogP contribution in [0.2, 0.25) is 0 Å². The summed E-state index contributed by atoms with van der Waals surface area (Å²) in [6.07, 6.45) is 1.23. The van der Waals surface area contributed by atoms with Crippen LogP contribution in [-0.4, -0.2) is 17.0 Å². The van der Waals surface area contributed by atoms with Crippen LogP contribution in [0.1, 0.15) is 5.56 Å². The van der Waals surface area contributed by atoms with Gasteiger partial charge in [0.25, 0.3) is 5.69 Å². The molecule has 0 radical (unpaired) electrons. The quantitative estimate of drug-likeness (QED) is 0.659. The second kappa shape index (κ2) is 5.81. The van der Waals surface area contributed by atoms with E-state index >= 15 is 0 Å². The highest BCUT2D eigenvalue weighted by Gasteiger charge is 2.04. The van der Waals surface area contributed by atoms with Crippen LogP contribution in [0, 0.1) is 10.1 Å². The van der Waals surface area contributed by atoms with Gasteiger partial charge in [-0.15, -0.1) is 0 Å². The lowest BCUT2D eigenvalue weighted by atomic mass is 10.2. The summed E-state index contributed by atoms with van der Waals surface area (Å²) in [4.78, 5) is 14.0. The largest absolute Gasteiger partial charge is 0.497 e. The van der Waals surface area contributed by atoms with E-state index in [1.165, 1.54) is 12.3 Å². The van der Waals surface area contributed by atoms with Crippen LogP contribution in [0.3, 0.4) is 0 Å². The van der Waals surface area contributed by atoms with Gasteiger partial charge in [-0.3, -0.25) is 10.1 Å². The lowest BCUT2D eigenvalue weighted by Gasteiger charge is -2.06. The summed E-state index contributed by atoms with van der Waals surface area (Å²) in [5.74, 6) is 1.40. The molecule has 0 bridgehead atoms. The molecule has 0 fully saturated rings. The first-order valence-corrected chi connectivity index (χ1v) is 5.66. The summed E-state index contributed by atoms with van der Waals surface area (Å²) < 4.78 is 5.07. The van der Waals surface area contributed by atoms with Crippen molar-refractivity contribution in [2.45, 2.75) is 6.54 Å². The molecule has 1 N–H and O–H groups in total. The molecule has 0 amide bonds. The second-order valence-corrected chi connectivity index (χ2v) is 3.86.